The Morgan fingerprint density at radius 3 is 2.35 bits per heavy atom. The number of hydrogen-bond donors (Lipinski definition) is 1. The van der Waals surface area contributed by atoms with Crippen molar-refractivity contribution in [1.29, 1.82) is 0 Å². The summed E-state index contributed by atoms with van der Waals surface area (Å²) < 4.78 is 38.4. The quantitative estimate of drug-likeness (QED) is 0.523. The zero-order chi connectivity index (χ0) is 17.4. The van der Waals surface area contributed by atoms with Crippen LogP contribution in [-0.4, -0.2) is 19.8 Å². The Labute approximate surface area is 125 Å². The lowest BCUT2D eigenvalue weighted by molar-refractivity contribution is -0.393. The van der Waals surface area contributed by atoms with E-state index in [-0.39, 0.29) is 17.5 Å². The molecule has 0 unspecified atom stereocenters. The summed E-state index contributed by atoms with van der Waals surface area (Å²) in [5, 5.41) is 22.1. The molecule has 0 saturated carbocycles. The molecule has 23 heavy (non-hydrogen) atoms. The van der Waals surface area contributed by atoms with Crippen LogP contribution in [0.5, 0.6) is 0 Å². The second kappa shape index (κ2) is 5.66. The highest BCUT2D eigenvalue weighted by atomic mass is 19.4. The minimum atomic E-state index is -4.86. The van der Waals surface area contributed by atoms with Gasteiger partial charge in [0.1, 0.15) is 0 Å². The number of nitrogens with zero attached hydrogens (tertiary/aromatic N) is 3. The fourth-order valence-corrected chi connectivity index (χ4v) is 2.07. The van der Waals surface area contributed by atoms with Gasteiger partial charge in [-0.3, -0.25) is 20.2 Å². The van der Waals surface area contributed by atoms with E-state index in [1.165, 1.54) is 6.08 Å². The number of allylic oxidation sites excluding steroid dienone is 2. The van der Waals surface area contributed by atoms with Gasteiger partial charge in [0.2, 0.25) is 5.82 Å². The lowest BCUT2D eigenvalue weighted by Crippen LogP contribution is -2.07. The molecular weight excluding hydrogens is 321 g/mol. The van der Waals surface area contributed by atoms with Crippen molar-refractivity contribution in [1.82, 2.24) is 9.97 Å². The first kappa shape index (κ1) is 16.4. The van der Waals surface area contributed by atoms with Crippen LogP contribution < -0.4 is 0 Å². The van der Waals surface area contributed by atoms with E-state index in [2.05, 4.69) is 4.98 Å². The van der Waals surface area contributed by atoms with E-state index in [1.807, 2.05) is 4.98 Å². The van der Waals surface area contributed by atoms with Gasteiger partial charge in [0, 0.05) is 0 Å². The normalized spacial score (nSPS) is 12.2. The van der Waals surface area contributed by atoms with Gasteiger partial charge in [0.05, 0.1) is 27.0 Å². The molecule has 0 saturated heterocycles. The highest BCUT2D eigenvalue weighted by Gasteiger charge is 2.37. The van der Waals surface area contributed by atoms with Crippen LogP contribution >= 0.6 is 0 Å². The molecule has 0 amide bonds. The highest BCUT2D eigenvalue weighted by molar-refractivity contribution is 5.91. The highest BCUT2D eigenvalue weighted by Crippen LogP contribution is 2.37. The largest absolute Gasteiger partial charge is 0.449 e. The van der Waals surface area contributed by atoms with E-state index in [0.29, 0.717) is 6.07 Å². The number of hydrogen-bond acceptors (Lipinski definition) is 5. The maximum atomic E-state index is 12.8. The van der Waals surface area contributed by atoms with E-state index in [4.69, 9.17) is 0 Å². The summed E-state index contributed by atoms with van der Waals surface area (Å²) in [6.45, 7) is 1.63. The number of halogens is 3. The number of aromatic amines is 1. The number of nitrogens with one attached hydrogen (secondary N) is 1. The van der Waals surface area contributed by atoms with Gasteiger partial charge >= 0.3 is 11.9 Å². The molecule has 0 bridgehead atoms. The summed E-state index contributed by atoms with van der Waals surface area (Å²) in [5.41, 5.74) is -2.53. The van der Waals surface area contributed by atoms with Crippen LogP contribution in [0.3, 0.4) is 0 Å². The summed E-state index contributed by atoms with van der Waals surface area (Å²) in [5.74, 6) is -1.45. The minimum Gasteiger partial charge on any atom is -0.334 e. The topological polar surface area (TPSA) is 115 Å². The van der Waals surface area contributed by atoms with Crippen LogP contribution in [0.15, 0.2) is 18.2 Å². The molecule has 1 heterocycles. The molecule has 0 radical (unpaired) electrons. The molecule has 1 aromatic carbocycles. The molecule has 11 heteroatoms. The number of H-pyrrole nitrogens is 1. The van der Waals surface area contributed by atoms with Gasteiger partial charge in [0.15, 0.2) is 5.52 Å². The van der Waals surface area contributed by atoms with Crippen molar-refractivity contribution in [3.05, 3.63) is 49.8 Å². The van der Waals surface area contributed by atoms with Crippen molar-refractivity contribution in [3.63, 3.8) is 0 Å². The van der Waals surface area contributed by atoms with Crippen molar-refractivity contribution >= 4 is 22.4 Å². The van der Waals surface area contributed by atoms with E-state index in [0.717, 1.165) is 0 Å². The third-order valence-electron chi connectivity index (χ3n) is 3.05. The molecule has 0 atom stereocenters. The fraction of sp³-hybridized carbons (Fsp3) is 0.250. The van der Waals surface area contributed by atoms with Crippen LogP contribution in [0.2, 0.25) is 0 Å². The molecule has 0 aliphatic heterocycles. The molecule has 2 rings (SSSR count). The van der Waals surface area contributed by atoms with Gasteiger partial charge in [-0.25, -0.2) is 4.98 Å². The lowest BCUT2D eigenvalue weighted by atomic mass is 10.1. The smallest absolute Gasteiger partial charge is 0.334 e. The Kier molecular flexibility index (Phi) is 4.04. The molecule has 2 aromatic rings. The molecule has 122 valence electrons. The Hall–Kier alpha value is -2.98. The Balaban J connectivity index is 2.90. The summed E-state index contributed by atoms with van der Waals surface area (Å²) >= 11 is 0. The average molecular weight is 330 g/mol. The van der Waals surface area contributed by atoms with E-state index in [9.17, 15) is 33.4 Å². The molecule has 0 aliphatic carbocycles. The zero-order valence-electron chi connectivity index (χ0n) is 11.5. The third kappa shape index (κ3) is 2.98. The summed E-state index contributed by atoms with van der Waals surface area (Å²) in [4.78, 5) is 25.4. The average Bonchev–Trinajstić information content (AvgIpc) is 2.88. The fourth-order valence-electron chi connectivity index (χ4n) is 2.07. The van der Waals surface area contributed by atoms with E-state index in [1.54, 1.807) is 13.0 Å². The molecule has 1 N–H and O–H groups in total. The van der Waals surface area contributed by atoms with Crippen LogP contribution in [0.25, 0.3) is 11.0 Å². The number of imidazole rings is 1. The van der Waals surface area contributed by atoms with Gasteiger partial charge < -0.3 is 4.98 Å². The van der Waals surface area contributed by atoms with Crippen molar-refractivity contribution in [2.24, 2.45) is 0 Å². The van der Waals surface area contributed by atoms with Crippen molar-refractivity contribution in [2.45, 2.75) is 19.5 Å². The molecule has 1 aromatic heterocycles. The number of nitro groups is 2. The predicted molar refractivity (Wildman–Crippen MR) is 72.9 cm³/mol. The standard InChI is InChI=1S/C12H9F3N4O4/c1-2-3-4-6-7(18(20)21)5-8(19(22)23)10-9(6)16-11(17-10)12(13,14)15/h2-3,5H,4H2,1H3,(H,16,17). The maximum Gasteiger partial charge on any atom is 0.449 e. The molecular formula is C12H9F3N4O4. The Bertz CT molecular complexity index is 826. The van der Waals surface area contributed by atoms with E-state index < -0.39 is 38.7 Å². The number of non-ortho nitro benzene ring substituents is 1. The van der Waals surface area contributed by atoms with Gasteiger partial charge in [-0.15, -0.1) is 0 Å². The Morgan fingerprint density at radius 1 is 1.26 bits per heavy atom. The first-order valence-corrected chi connectivity index (χ1v) is 6.19. The third-order valence-corrected chi connectivity index (χ3v) is 3.05. The number of benzene rings is 1. The minimum absolute atomic E-state index is 0.0687. The monoisotopic (exact) mass is 330 g/mol. The molecule has 8 nitrogen and oxygen atoms in total. The van der Waals surface area contributed by atoms with Gasteiger partial charge in [-0.1, -0.05) is 12.2 Å². The summed E-state index contributed by atoms with van der Waals surface area (Å²) in [7, 11) is 0. The number of aromatic nitrogens is 2. The zero-order valence-corrected chi connectivity index (χ0v) is 11.5. The molecule has 0 fully saturated rings. The molecule has 0 spiro atoms. The van der Waals surface area contributed by atoms with Gasteiger partial charge in [0.25, 0.3) is 5.69 Å². The number of rotatable bonds is 4. The number of fused-ring (bicyclic) bond motifs is 1. The van der Waals surface area contributed by atoms with Crippen LogP contribution in [-0.2, 0) is 12.6 Å². The van der Waals surface area contributed by atoms with Crippen molar-refractivity contribution in [3.8, 4) is 0 Å². The molecule has 0 aliphatic rings. The lowest BCUT2D eigenvalue weighted by Gasteiger charge is -2.02. The van der Waals surface area contributed by atoms with Crippen molar-refractivity contribution in [2.75, 3.05) is 0 Å². The summed E-state index contributed by atoms with van der Waals surface area (Å²) in [6.07, 6.45) is -1.89. The summed E-state index contributed by atoms with van der Waals surface area (Å²) in [6, 6.07) is 0.627. The second-order valence-electron chi connectivity index (χ2n) is 4.49. The van der Waals surface area contributed by atoms with Crippen molar-refractivity contribution < 1.29 is 23.0 Å². The van der Waals surface area contributed by atoms with E-state index >= 15 is 0 Å². The van der Waals surface area contributed by atoms with Crippen LogP contribution in [0.4, 0.5) is 24.5 Å². The number of alkyl halides is 3. The van der Waals surface area contributed by atoms with Gasteiger partial charge in [-0.05, 0) is 13.3 Å². The second-order valence-corrected chi connectivity index (χ2v) is 4.49. The Morgan fingerprint density at radius 2 is 1.87 bits per heavy atom. The first-order chi connectivity index (χ1) is 10.7. The van der Waals surface area contributed by atoms with Crippen LogP contribution in [0, 0.1) is 20.2 Å². The van der Waals surface area contributed by atoms with Gasteiger partial charge in [-0.2, -0.15) is 13.2 Å². The van der Waals surface area contributed by atoms with Crippen LogP contribution in [0.1, 0.15) is 18.3 Å². The first-order valence-electron chi connectivity index (χ1n) is 6.19. The number of nitro benzene ring substituents is 2. The maximum absolute atomic E-state index is 12.8. The predicted octanol–water partition coefficient (Wildman–Crippen LogP) is 3.52. The SMILES string of the molecule is CC=CCc1c([N+](=O)[O-])cc([N+](=O)[O-])c2nc(C(F)(F)F)[nH]c12.